The summed E-state index contributed by atoms with van der Waals surface area (Å²) in [6, 6.07) is 11.5. The van der Waals surface area contributed by atoms with E-state index in [9.17, 15) is 4.79 Å². The second-order valence-electron chi connectivity index (χ2n) is 5.94. The van der Waals surface area contributed by atoms with Crippen LogP contribution < -0.4 is 5.32 Å². The van der Waals surface area contributed by atoms with E-state index in [2.05, 4.69) is 31.1 Å². The Morgan fingerprint density at radius 2 is 1.80 bits per heavy atom. The third-order valence-electron chi connectivity index (χ3n) is 3.16. The van der Waals surface area contributed by atoms with Gasteiger partial charge in [-0.1, -0.05) is 39.0 Å². The van der Waals surface area contributed by atoms with Gasteiger partial charge in [0.2, 0.25) is 0 Å². The molecule has 0 radical (unpaired) electrons. The fraction of sp³-hybridized carbons (Fsp3) is 0.294. The number of anilines is 1. The lowest BCUT2D eigenvalue weighted by Gasteiger charge is -2.23. The number of hydrogen-bond donors (Lipinski definition) is 1. The van der Waals surface area contributed by atoms with Crippen molar-refractivity contribution in [2.75, 3.05) is 5.32 Å². The number of aromatic nitrogens is 1. The maximum absolute atomic E-state index is 12.3. The highest BCUT2D eigenvalue weighted by molar-refractivity contribution is 6.04. The molecule has 0 spiro atoms. The van der Waals surface area contributed by atoms with Crippen LogP contribution in [-0.2, 0) is 5.41 Å². The third kappa shape index (κ3) is 3.23. The molecule has 3 nitrogen and oxygen atoms in total. The summed E-state index contributed by atoms with van der Waals surface area (Å²) in [6.45, 7) is 8.29. The van der Waals surface area contributed by atoms with Crippen molar-refractivity contribution in [3.05, 3.63) is 59.4 Å². The summed E-state index contributed by atoms with van der Waals surface area (Å²) in [5.41, 5.74) is 3.42. The van der Waals surface area contributed by atoms with Crippen molar-refractivity contribution in [2.45, 2.75) is 33.1 Å². The van der Waals surface area contributed by atoms with Gasteiger partial charge in [-0.05, 0) is 36.1 Å². The lowest BCUT2D eigenvalue weighted by Crippen LogP contribution is -2.18. The van der Waals surface area contributed by atoms with Crippen molar-refractivity contribution >= 4 is 11.6 Å². The topological polar surface area (TPSA) is 42.0 Å². The summed E-state index contributed by atoms with van der Waals surface area (Å²) in [7, 11) is 0. The van der Waals surface area contributed by atoms with Crippen molar-refractivity contribution in [3.63, 3.8) is 0 Å². The number of nitrogens with one attached hydrogen (secondary N) is 1. The van der Waals surface area contributed by atoms with Crippen molar-refractivity contribution in [1.82, 2.24) is 4.98 Å². The molecular formula is C17H20N2O. The van der Waals surface area contributed by atoms with E-state index in [0.29, 0.717) is 5.56 Å². The second kappa shape index (κ2) is 5.45. The van der Waals surface area contributed by atoms with Crippen LogP contribution in [0.15, 0.2) is 42.6 Å². The van der Waals surface area contributed by atoms with E-state index in [0.717, 1.165) is 16.9 Å². The van der Waals surface area contributed by atoms with Gasteiger partial charge in [0.15, 0.2) is 0 Å². The van der Waals surface area contributed by atoms with Gasteiger partial charge < -0.3 is 5.32 Å². The molecule has 3 heteroatoms. The van der Waals surface area contributed by atoms with Crippen LogP contribution >= 0.6 is 0 Å². The highest BCUT2D eigenvalue weighted by Gasteiger charge is 2.18. The predicted octanol–water partition coefficient (Wildman–Crippen LogP) is 3.94. The molecular weight excluding hydrogens is 248 g/mol. The first-order chi connectivity index (χ1) is 9.38. The number of nitrogens with zero attached hydrogens (tertiary/aromatic N) is 1. The molecule has 0 aliphatic rings. The molecule has 104 valence electrons. The van der Waals surface area contributed by atoms with Crippen molar-refractivity contribution in [2.24, 2.45) is 0 Å². The van der Waals surface area contributed by atoms with Gasteiger partial charge in [0.05, 0.1) is 5.56 Å². The first kappa shape index (κ1) is 14.3. The number of carbonyl (C=O) groups is 1. The van der Waals surface area contributed by atoms with Crippen LogP contribution in [0.25, 0.3) is 0 Å². The van der Waals surface area contributed by atoms with Crippen LogP contribution in [0.5, 0.6) is 0 Å². The first-order valence-electron chi connectivity index (χ1n) is 6.71. The standard InChI is InChI=1S/C17H20N2O/c1-12-9-10-13(11-18-12)16(20)19-15-8-6-5-7-14(15)17(2,3)4/h5-11H,1-4H3,(H,19,20). The SMILES string of the molecule is Cc1ccc(C(=O)Nc2ccccc2C(C)(C)C)cn1. The average Bonchev–Trinajstić information content (AvgIpc) is 2.38. The van der Waals surface area contributed by atoms with Crippen LogP contribution in [0, 0.1) is 6.92 Å². The summed E-state index contributed by atoms with van der Waals surface area (Å²) in [5.74, 6) is -0.130. The number of benzene rings is 1. The number of amides is 1. The van der Waals surface area contributed by atoms with E-state index in [-0.39, 0.29) is 11.3 Å². The fourth-order valence-corrected chi connectivity index (χ4v) is 2.04. The quantitative estimate of drug-likeness (QED) is 0.896. The Balaban J connectivity index is 2.26. The van der Waals surface area contributed by atoms with Gasteiger partial charge in [-0.3, -0.25) is 9.78 Å². The van der Waals surface area contributed by atoms with E-state index in [1.807, 2.05) is 37.3 Å². The highest BCUT2D eigenvalue weighted by atomic mass is 16.1. The first-order valence-corrected chi connectivity index (χ1v) is 6.71. The summed E-state index contributed by atoms with van der Waals surface area (Å²) in [6.07, 6.45) is 1.60. The minimum atomic E-state index is -0.130. The Morgan fingerprint density at radius 3 is 2.40 bits per heavy atom. The number of pyridine rings is 1. The average molecular weight is 268 g/mol. The summed E-state index contributed by atoms with van der Waals surface area (Å²) in [5, 5.41) is 2.97. The van der Waals surface area contributed by atoms with Crippen LogP contribution in [0.1, 0.15) is 42.4 Å². The molecule has 0 unspecified atom stereocenters. The van der Waals surface area contributed by atoms with Gasteiger partial charge in [-0.15, -0.1) is 0 Å². The molecule has 0 fully saturated rings. The van der Waals surface area contributed by atoms with E-state index in [1.165, 1.54) is 0 Å². The van der Waals surface area contributed by atoms with Gasteiger partial charge in [-0.2, -0.15) is 0 Å². The van der Waals surface area contributed by atoms with Crippen LogP contribution in [-0.4, -0.2) is 10.9 Å². The maximum Gasteiger partial charge on any atom is 0.257 e. The fourth-order valence-electron chi connectivity index (χ4n) is 2.04. The Bertz CT molecular complexity index is 610. The summed E-state index contributed by atoms with van der Waals surface area (Å²) >= 11 is 0. The van der Waals surface area contributed by atoms with E-state index in [4.69, 9.17) is 0 Å². The van der Waals surface area contributed by atoms with Gasteiger partial charge >= 0.3 is 0 Å². The minimum Gasteiger partial charge on any atom is -0.322 e. The number of rotatable bonds is 2. The van der Waals surface area contributed by atoms with Gasteiger partial charge in [0.1, 0.15) is 0 Å². The zero-order valence-electron chi connectivity index (χ0n) is 12.4. The molecule has 1 aromatic carbocycles. The zero-order valence-corrected chi connectivity index (χ0v) is 12.4. The third-order valence-corrected chi connectivity index (χ3v) is 3.16. The molecule has 1 heterocycles. The second-order valence-corrected chi connectivity index (χ2v) is 5.94. The maximum atomic E-state index is 12.3. The molecule has 2 rings (SSSR count). The van der Waals surface area contributed by atoms with Gasteiger partial charge in [0, 0.05) is 17.6 Å². The molecule has 0 aliphatic heterocycles. The molecule has 1 aromatic heterocycles. The summed E-state index contributed by atoms with van der Waals surface area (Å²) < 4.78 is 0. The molecule has 0 aliphatic carbocycles. The molecule has 0 saturated heterocycles. The molecule has 0 saturated carbocycles. The van der Waals surface area contributed by atoms with Crippen LogP contribution in [0.4, 0.5) is 5.69 Å². The predicted molar refractivity (Wildman–Crippen MR) is 82.1 cm³/mol. The molecule has 2 aromatic rings. The lowest BCUT2D eigenvalue weighted by molar-refractivity contribution is 0.102. The van der Waals surface area contributed by atoms with Crippen molar-refractivity contribution < 1.29 is 4.79 Å². The molecule has 0 atom stereocenters. The van der Waals surface area contributed by atoms with Gasteiger partial charge in [0.25, 0.3) is 5.91 Å². The molecule has 1 N–H and O–H groups in total. The monoisotopic (exact) mass is 268 g/mol. The number of hydrogen-bond acceptors (Lipinski definition) is 2. The smallest absolute Gasteiger partial charge is 0.257 e. The van der Waals surface area contributed by atoms with Crippen LogP contribution in [0.2, 0.25) is 0 Å². The molecule has 0 bridgehead atoms. The van der Waals surface area contributed by atoms with Crippen LogP contribution in [0.3, 0.4) is 0 Å². The molecule has 20 heavy (non-hydrogen) atoms. The zero-order chi connectivity index (χ0) is 14.8. The number of para-hydroxylation sites is 1. The van der Waals surface area contributed by atoms with Crippen molar-refractivity contribution in [1.29, 1.82) is 0 Å². The Hall–Kier alpha value is -2.16. The van der Waals surface area contributed by atoms with Gasteiger partial charge in [-0.25, -0.2) is 0 Å². The summed E-state index contributed by atoms with van der Waals surface area (Å²) in [4.78, 5) is 16.4. The van der Waals surface area contributed by atoms with Crippen molar-refractivity contribution in [3.8, 4) is 0 Å². The number of carbonyl (C=O) groups excluding carboxylic acids is 1. The highest BCUT2D eigenvalue weighted by Crippen LogP contribution is 2.29. The Labute approximate surface area is 120 Å². The Kier molecular flexibility index (Phi) is 3.89. The van der Waals surface area contributed by atoms with E-state index in [1.54, 1.807) is 12.3 Å². The van der Waals surface area contributed by atoms with E-state index < -0.39 is 0 Å². The largest absolute Gasteiger partial charge is 0.322 e. The number of aryl methyl sites for hydroxylation is 1. The minimum absolute atomic E-state index is 0.0185. The lowest BCUT2D eigenvalue weighted by atomic mass is 9.86. The van der Waals surface area contributed by atoms with E-state index >= 15 is 0 Å². The Morgan fingerprint density at radius 1 is 1.10 bits per heavy atom. The molecule has 1 amide bonds. The normalized spacial score (nSPS) is 11.2.